The van der Waals surface area contributed by atoms with E-state index in [2.05, 4.69) is 21.8 Å². The molecule has 1 aliphatic rings. The predicted octanol–water partition coefficient (Wildman–Crippen LogP) is 1.55. The molecule has 0 aliphatic carbocycles. The molecule has 1 aromatic rings. The molecule has 0 radical (unpaired) electrons. The Kier molecular flexibility index (Phi) is 2.27. The lowest BCUT2D eigenvalue weighted by Gasteiger charge is -2.35. The van der Waals surface area contributed by atoms with Crippen LogP contribution in [-0.2, 0) is 0 Å². The smallest absolute Gasteiger partial charge is 0.0755 e. The van der Waals surface area contributed by atoms with Crippen molar-refractivity contribution in [1.82, 2.24) is 14.9 Å². The van der Waals surface area contributed by atoms with Gasteiger partial charge in [-0.05, 0) is 20.3 Å². The molecule has 1 atom stereocenters. The first kappa shape index (κ1) is 8.63. The van der Waals surface area contributed by atoms with E-state index in [-0.39, 0.29) is 0 Å². The number of hydrogen-bond acceptors (Lipinski definition) is 3. The van der Waals surface area contributed by atoms with Crippen LogP contribution in [-0.4, -0.2) is 28.0 Å². The van der Waals surface area contributed by atoms with Crippen molar-refractivity contribution < 1.29 is 0 Å². The Morgan fingerprint density at radius 3 is 2.54 bits per heavy atom. The molecule has 1 saturated heterocycles. The molecule has 2 heterocycles. The zero-order valence-electron chi connectivity index (χ0n) is 8.20. The predicted molar refractivity (Wildman–Crippen MR) is 51.4 cm³/mol. The van der Waals surface area contributed by atoms with Gasteiger partial charge in [0, 0.05) is 19.3 Å². The number of rotatable bonds is 2. The van der Waals surface area contributed by atoms with E-state index in [9.17, 15) is 0 Å². The van der Waals surface area contributed by atoms with E-state index in [0.29, 0.717) is 6.04 Å². The molecular formula is C10H15N3. The first-order chi connectivity index (χ1) is 6.27. The molecule has 2 rings (SSSR count). The van der Waals surface area contributed by atoms with Crippen LogP contribution in [0.4, 0.5) is 0 Å². The highest BCUT2D eigenvalue weighted by atomic mass is 15.2. The van der Waals surface area contributed by atoms with Gasteiger partial charge in [0.2, 0.25) is 0 Å². The Morgan fingerprint density at radius 2 is 2.08 bits per heavy atom. The van der Waals surface area contributed by atoms with Crippen LogP contribution in [0.25, 0.3) is 0 Å². The van der Waals surface area contributed by atoms with Crippen LogP contribution < -0.4 is 0 Å². The van der Waals surface area contributed by atoms with Crippen molar-refractivity contribution in [2.45, 2.75) is 26.3 Å². The molecule has 0 bridgehead atoms. The van der Waals surface area contributed by atoms with Crippen LogP contribution in [0.5, 0.6) is 0 Å². The van der Waals surface area contributed by atoms with E-state index in [1.165, 1.54) is 19.5 Å². The van der Waals surface area contributed by atoms with E-state index < -0.39 is 0 Å². The monoisotopic (exact) mass is 177 g/mol. The first-order valence-electron chi connectivity index (χ1n) is 4.80. The number of hydrogen-bond donors (Lipinski definition) is 0. The molecule has 0 amide bonds. The molecule has 0 spiro atoms. The number of aromatic nitrogens is 2. The van der Waals surface area contributed by atoms with Crippen LogP contribution >= 0.6 is 0 Å². The fourth-order valence-corrected chi connectivity index (χ4v) is 1.53. The lowest BCUT2D eigenvalue weighted by Crippen LogP contribution is -2.39. The maximum Gasteiger partial charge on any atom is 0.0755 e. The van der Waals surface area contributed by atoms with Gasteiger partial charge in [0.15, 0.2) is 0 Å². The van der Waals surface area contributed by atoms with Gasteiger partial charge in [0.25, 0.3) is 0 Å². The summed E-state index contributed by atoms with van der Waals surface area (Å²) in [6, 6.07) is 0.432. The van der Waals surface area contributed by atoms with E-state index >= 15 is 0 Å². The molecule has 1 fully saturated rings. The fourth-order valence-electron chi connectivity index (χ4n) is 1.53. The zero-order chi connectivity index (χ0) is 9.26. The molecule has 0 saturated carbocycles. The van der Waals surface area contributed by atoms with Crippen molar-refractivity contribution in [3.05, 3.63) is 23.8 Å². The summed E-state index contributed by atoms with van der Waals surface area (Å²) in [7, 11) is 0. The third kappa shape index (κ3) is 1.70. The Balaban J connectivity index is 2.10. The van der Waals surface area contributed by atoms with Gasteiger partial charge < -0.3 is 0 Å². The normalized spacial score (nSPS) is 19.5. The van der Waals surface area contributed by atoms with Gasteiger partial charge in [-0.15, -0.1) is 0 Å². The van der Waals surface area contributed by atoms with Crippen molar-refractivity contribution in [2.75, 3.05) is 13.1 Å². The third-order valence-corrected chi connectivity index (χ3v) is 2.67. The Morgan fingerprint density at radius 1 is 1.31 bits per heavy atom. The van der Waals surface area contributed by atoms with Crippen LogP contribution in [0, 0.1) is 6.92 Å². The van der Waals surface area contributed by atoms with Crippen molar-refractivity contribution >= 4 is 0 Å². The number of nitrogens with zero attached hydrogens (tertiary/aromatic N) is 3. The number of aryl methyl sites for hydroxylation is 1. The highest BCUT2D eigenvalue weighted by Crippen LogP contribution is 2.22. The lowest BCUT2D eigenvalue weighted by molar-refractivity contribution is 0.126. The summed E-state index contributed by atoms with van der Waals surface area (Å²) >= 11 is 0. The second kappa shape index (κ2) is 3.42. The van der Waals surface area contributed by atoms with E-state index in [4.69, 9.17) is 0 Å². The molecule has 0 N–H and O–H groups in total. The lowest BCUT2D eigenvalue weighted by atomic mass is 10.1. The minimum atomic E-state index is 0.432. The first-order valence-corrected chi connectivity index (χ1v) is 4.80. The summed E-state index contributed by atoms with van der Waals surface area (Å²) in [5, 5.41) is 0. The third-order valence-electron chi connectivity index (χ3n) is 2.67. The van der Waals surface area contributed by atoms with Gasteiger partial charge >= 0.3 is 0 Å². The summed E-state index contributed by atoms with van der Waals surface area (Å²) < 4.78 is 0. The van der Waals surface area contributed by atoms with Crippen molar-refractivity contribution in [3.63, 3.8) is 0 Å². The van der Waals surface area contributed by atoms with Crippen LogP contribution in [0.15, 0.2) is 12.4 Å². The topological polar surface area (TPSA) is 29.0 Å². The summed E-state index contributed by atoms with van der Waals surface area (Å²) in [4.78, 5) is 11.0. The molecule has 1 aromatic heterocycles. The maximum atomic E-state index is 4.38. The molecule has 0 aromatic carbocycles. The van der Waals surface area contributed by atoms with Crippen molar-refractivity contribution in [3.8, 4) is 0 Å². The maximum absolute atomic E-state index is 4.38. The zero-order valence-corrected chi connectivity index (χ0v) is 8.20. The average molecular weight is 177 g/mol. The SMILES string of the molecule is Cc1cnc(C(C)N2CCC2)cn1. The van der Waals surface area contributed by atoms with Crippen LogP contribution in [0.3, 0.4) is 0 Å². The van der Waals surface area contributed by atoms with Gasteiger partial charge in [-0.2, -0.15) is 0 Å². The fraction of sp³-hybridized carbons (Fsp3) is 0.600. The molecule has 1 unspecified atom stereocenters. The minimum absolute atomic E-state index is 0.432. The summed E-state index contributed by atoms with van der Waals surface area (Å²) in [5.74, 6) is 0. The second-order valence-electron chi connectivity index (χ2n) is 3.65. The Hall–Kier alpha value is -0.960. The number of likely N-dealkylation sites (tertiary alicyclic amines) is 1. The molecular weight excluding hydrogens is 162 g/mol. The van der Waals surface area contributed by atoms with Gasteiger partial charge in [0.05, 0.1) is 23.6 Å². The van der Waals surface area contributed by atoms with Crippen LogP contribution in [0.1, 0.15) is 30.8 Å². The summed E-state index contributed by atoms with van der Waals surface area (Å²) in [6.45, 7) is 6.57. The highest BCUT2D eigenvalue weighted by Gasteiger charge is 2.22. The average Bonchev–Trinajstić information content (AvgIpc) is 2.02. The van der Waals surface area contributed by atoms with E-state index in [1.807, 2.05) is 19.3 Å². The summed E-state index contributed by atoms with van der Waals surface area (Å²) in [5.41, 5.74) is 2.07. The largest absolute Gasteiger partial charge is 0.295 e. The van der Waals surface area contributed by atoms with Gasteiger partial charge in [-0.25, -0.2) is 0 Å². The van der Waals surface area contributed by atoms with E-state index in [1.54, 1.807) is 0 Å². The van der Waals surface area contributed by atoms with E-state index in [0.717, 1.165) is 11.4 Å². The van der Waals surface area contributed by atoms with Gasteiger partial charge in [0.1, 0.15) is 0 Å². The quantitative estimate of drug-likeness (QED) is 0.686. The summed E-state index contributed by atoms with van der Waals surface area (Å²) in [6.07, 6.45) is 5.05. The van der Waals surface area contributed by atoms with Gasteiger partial charge in [-0.1, -0.05) is 0 Å². The highest BCUT2D eigenvalue weighted by molar-refractivity contribution is 5.05. The molecule has 70 valence electrons. The van der Waals surface area contributed by atoms with Gasteiger partial charge in [-0.3, -0.25) is 14.9 Å². The molecule has 1 aliphatic heterocycles. The molecule has 3 nitrogen and oxygen atoms in total. The standard InChI is InChI=1S/C10H15N3/c1-8-6-12-10(7-11-8)9(2)13-4-3-5-13/h6-7,9H,3-5H2,1-2H3. The minimum Gasteiger partial charge on any atom is -0.295 e. The Bertz CT molecular complexity index is 277. The molecule has 13 heavy (non-hydrogen) atoms. The van der Waals surface area contributed by atoms with Crippen molar-refractivity contribution in [2.24, 2.45) is 0 Å². The van der Waals surface area contributed by atoms with Crippen LogP contribution in [0.2, 0.25) is 0 Å². The Labute approximate surface area is 78.8 Å². The second-order valence-corrected chi connectivity index (χ2v) is 3.65. The molecule has 3 heteroatoms. The van der Waals surface area contributed by atoms with Crippen molar-refractivity contribution in [1.29, 1.82) is 0 Å².